The number of piperidine rings is 1. The number of hydrogen-bond donors (Lipinski definition) is 1. The summed E-state index contributed by atoms with van der Waals surface area (Å²) >= 11 is 12.3. The number of likely N-dealkylation sites (N-methyl/N-ethyl adjacent to an activating group) is 1. The Bertz CT molecular complexity index is 928. The minimum absolute atomic E-state index is 0.0427. The predicted octanol–water partition coefficient (Wildman–Crippen LogP) is 3.94. The maximum absolute atomic E-state index is 13.3. The molecule has 1 N–H and O–H groups in total. The Morgan fingerprint density at radius 2 is 1.72 bits per heavy atom. The second kappa shape index (κ2) is 8.75. The lowest BCUT2D eigenvalue weighted by Crippen LogP contribution is -2.46. The lowest BCUT2D eigenvalue weighted by Gasteiger charge is -2.34. The lowest BCUT2D eigenvalue weighted by molar-refractivity contribution is -0.142. The molecular formula is C23H29Cl2N3O4. The highest BCUT2D eigenvalue weighted by Gasteiger charge is 2.48. The molecule has 3 aliphatic rings. The van der Waals surface area contributed by atoms with E-state index in [0.29, 0.717) is 49.1 Å². The van der Waals surface area contributed by atoms with Crippen molar-refractivity contribution in [2.45, 2.75) is 44.6 Å². The summed E-state index contributed by atoms with van der Waals surface area (Å²) in [4.78, 5) is 42.6. The van der Waals surface area contributed by atoms with Crippen molar-refractivity contribution < 1.29 is 19.5 Å². The van der Waals surface area contributed by atoms with Gasteiger partial charge in [-0.3, -0.25) is 9.59 Å². The summed E-state index contributed by atoms with van der Waals surface area (Å²) in [6.07, 6.45) is 2.16. The summed E-state index contributed by atoms with van der Waals surface area (Å²) in [7, 11) is 1.54. The molecule has 1 aromatic rings. The van der Waals surface area contributed by atoms with E-state index < -0.39 is 6.09 Å². The summed E-state index contributed by atoms with van der Waals surface area (Å²) < 4.78 is 0. The van der Waals surface area contributed by atoms with Crippen LogP contribution in [0, 0.1) is 11.3 Å². The lowest BCUT2D eigenvalue weighted by atomic mass is 9.93. The SMILES string of the molecule is CN(C(=O)O)[C@@H]1CN(C(=O)C2CCN(C(=O)C3(C)CC3)CC2)C[C@H]1c1ccc(Cl)c(Cl)c1. The smallest absolute Gasteiger partial charge is 0.407 e. The maximum Gasteiger partial charge on any atom is 0.407 e. The molecule has 2 saturated heterocycles. The number of carboxylic acid groups (broad SMARTS) is 1. The first kappa shape index (κ1) is 23.2. The molecule has 0 aromatic heterocycles. The number of carbonyl (C=O) groups is 3. The molecule has 1 aromatic carbocycles. The van der Waals surface area contributed by atoms with Crippen LogP contribution in [-0.4, -0.2) is 77.0 Å². The minimum atomic E-state index is -1.03. The van der Waals surface area contributed by atoms with Crippen LogP contribution < -0.4 is 0 Å². The van der Waals surface area contributed by atoms with E-state index in [1.807, 2.05) is 17.9 Å². The molecule has 3 amide bonds. The molecule has 0 radical (unpaired) electrons. The van der Waals surface area contributed by atoms with Crippen LogP contribution in [0.3, 0.4) is 0 Å². The number of amides is 3. The molecule has 2 aliphatic heterocycles. The van der Waals surface area contributed by atoms with E-state index in [2.05, 4.69) is 0 Å². The average Bonchev–Trinajstić information content (AvgIpc) is 3.38. The van der Waals surface area contributed by atoms with Gasteiger partial charge in [0.15, 0.2) is 0 Å². The van der Waals surface area contributed by atoms with Crippen LogP contribution in [-0.2, 0) is 9.59 Å². The summed E-state index contributed by atoms with van der Waals surface area (Å²) in [6.45, 7) is 3.99. The van der Waals surface area contributed by atoms with E-state index in [0.717, 1.165) is 18.4 Å². The Morgan fingerprint density at radius 1 is 1.06 bits per heavy atom. The Labute approximate surface area is 198 Å². The number of carbonyl (C=O) groups excluding carboxylic acids is 2. The third-order valence-corrected chi connectivity index (χ3v) is 8.16. The molecule has 32 heavy (non-hydrogen) atoms. The third kappa shape index (κ3) is 4.42. The van der Waals surface area contributed by atoms with Gasteiger partial charge in [0.1, 0.15) is 0 Å². The zero-order valence-electron chi connectivity index (χ0n) is 18.4. The van der Waals surface area contributed by atoms with Crippen LogP contribution in [0.2, 0.25) is 10.0 Å². The number of likely N-dealkylation sites (tertiary alicyclic amines) is 2. The van der Waals surface area contributed by atoms with Crippen molar-refractivity contribution in [3.63, 3.8) is 0 Å². The number of halogens is 2. The first-order valence-corrected chi connectivity index (χ1v) is 11.8. The van der Waals surface area contributed by atoms with E-state index in [1.165, 1.54) is 11.9 Å². The van der Waals surface area contributed by atoms with Crippen LogP contribution in [0.15, 0.2) is 18.2 Å². The molecule has 2 atom stereocenters. The molecule has 0 unspecified atom stereocenters. The Hall–Kier alpha value is -1.99. The van der Waals surface area contributed by atoms with E-state index in [9.17, 15) is 19.5 Å². The van der Waals surface area contributed by atoms with Gasteiger partial charge in [-0.15, -0.1) is 0 Å². The van der Waals surface area contributed by atoms with Gasteiger partial charge in [-0.1, -0.05) is 36.2 Å². The molecule has 4 rings (SSSR count). The monoisotopic (exact) mass is 481 g/mol. The van der Waals surface area contributed by atoms with Crippen molar-refractivity contribution >= 4 is 41.1 Å². The number of nitrogens with zero attached hydrogens (tertiary/aromatic N) is 3. The fourth-order valence-corrected chi connectivity index (χ4v) is 5.25. The van der Waals surface area contributed by atoms with E-state index in [-0.39, 0.29) is 35.1 Å². The van der Waals surface area contributed by atoms with Crippen molar-refractivity contribution in [1.29, 1.82) is 0 Å². The van der Waals surface area contributed by atoms with Gasteiger partial charge in [-0.2, -0.15) is 0 Å². The second-order valence-electron chi connectivity index (χ2n) is 9.61. The van der Waals surface area contributed by atoms with Crippen LogP contribution in [0.4, 0.5) is 4.79 Å². The van der Waals surface area contributed by atoms with Crippen molar-refractivity contribution in [2.75, 3.05) is 33.2 Å². The number of hydrogen-bond acceptors (Lipinski definition) is 3. The van der Waals surface area contributed by atoms with E-state index in [4.69, 9.17) is 23.2 Å². The topological polar surface area (TPSA) is 81.2 Å². The van der Waals surface area contributed by atoms with Gasteiger partial charge in [-0.05, 0) is 43.4 Å². The standard InChI is InChI=1S/C23H29Cl2N3O4/c1-23(7-8-23)21(30)27-9-5-14(6-10-27)20(29)28-12-16(19(13-28)26(2)22(31)32)15-3-4-17(24)18(25)11-15/h3-4,11,14,16,19H,5-10,12-13H2,1-2H3,(H,31,32)/t16-,19+/m0/s1. The molecular weight excluding hydrogens is 453 g/mol. The van der Waals surface area contributed by atoms with Gasteiger partial charge in [0.2, 0.25) is 11.8 Å². The molecule has 174 valence electrons. The molecule has 1 aliphatic carbocycles. The van der Waals surface area contributed by atoms with Gasteiger partial charge in [-0.25, -0.2) is 4.79 Å². The first-order valence-electron chi connectivity index (χ1n) is 11.1. The molecule has 9 heteroatoms. The third-order valence-electron chi connectivity index (χ3n) is 7.42. The quantitative estimate of drug-likeness (QED) is 0.705. The van der Waals surface area contributed by atoms with Crippen molar-refractivity contribution in [3.05, 3.63) is 33.8 Å². The maximum atomic E-state index is 13.3. The second-order valence-corrected chi connectivity index (χ2v) is 10.4. The summed E-state index contributed by atoms with van der Waals surface area (Å²) in [5.41, 5.74) is 0.680. The molecule has 2 heterocycles. The van der Waals surface area contributed by atoms with Gasteiger partial charge in [0.25, 0.3) is 0 Å². The Morgan fingerprint density at radius 3 is 2.28 bits per heavy atom. The largest absolute Gasteiger partial charge is 0.465 e. The van der Waals surface area contributed by atoms with Crippen LogP contribution >= 0.6 is 23.2 Å². The van der Waals surface area contributed by atoms with E-state index >= 15 is 0 Å². The zero-order valence-corrected chi connectivity index (χ0v) is 19.9. The fraction of sp³-hybridized carbons (Fsp3) is 0.609. The Kier molecular flexibility index (Phi) is 6.34. The van der Waals surface area contributed by atoms with E-state index in [1.54, 1.807) is 17.0 Å². The molecule has 1 saturated carbocycles. The fourth-order valence-electron chi connectivity index (χ4n) is 4.94. The van der Waals surface area contributed by atoms with Crippen molar-refractivity contribution in [1.82, 2.24) is 14.7 Å². The number of benzene rings is 1. The zero-order chi connectivity index (χ0) is 23.2. The van der Waals surface area contributed by atoms with Gasteiger partial charge < -0.3 is 19.8 Å². The normalized spacial score (nSPS) is 25.0. The summed E-state index contributed by atoms with van der Waals surface area (Å²) in [5, 5.41) is 10.4. The highest BCUT2D eigenvalue weighted by atomic mass is 35.5. The molecule has 0 bridgehead atoms. The minimum Gasteiger partial charge on any atom is -0.465 e. The highest BCUT2D eigenvalue weighted by molar-refractivity contribution is 6.42. The van der Waals surface area contributed by atoms with Gasteiger partial charge in [0, 0.05) is 50.5 Å². The van der Waals surface area contributed by atoms with Crippen molar-refractivity contribution in [2.24, 2.45) is 11.3 Å². The molecule has 0 spiro atoms. The summed E-state index contributed by atoms with van der Waals surface area (Å²) in [6, 6.07) is 4.94. The molecule has 3 fully saturated rings. The van der Waals surface area contributed by atoms with Crippen LogP contribution in [0.25, 0.3) is 0 Å². The average molecular weight is 482 g/mol. The van der Waals surface area contributed by atoms with Gasteiger partial charge in [0.05, 0.1) is 16.1 Å². The number of rotatable bonds is 4. The summed E-state index contributed by atoms with van der Waals surface area (Å²) in [5.74, 6) is -0.0748. The molecule has 7 nitrogen and oxygen atoms in total. The van der Waals surface area contributed by atoms with Crippen LogP contribution in [0.1, 0.15) is 44.1 Å². The highest BCUT2D eigenvalue weighted by Crippen LogP contribution is 2.47. The first-order chi connectivity index (χ1) is 15.1. The van der Waals surface area contributed by atoms with Gasteiger partial charge >= 0.3 is 6.09 Å². The van der Waals surface area contributed by atoms with Crippen LogP contribution in [0.5, 0.6) is 0 Å². The predicted molar refractivity (Wildman–Crippen MR) is 122 cm³/mol. The Balaban J connectivity index is 1.45. The van der Waals surface area contributed by atoms with Crippen molar-refractivity contribution in [3.8, 4) is 0 Å².